The van der Waals surface area contributed by atoms with Crippen LogP contribution in [0.4, 0.5) is 9.59 Å². The Morgan fingerprint density at radius 3 is 1.73 bits per heavy atom. The summed E-state index contributed by atoms with van der Waals surface area (Å²) < 4.78 is 16.8. The third-order valence-corrected chi connectivity index (χ3v) is 6.92. The Labute approximate surface area is 302 Å². The fourth-order valence-electron chi connectivity index (χ4n) is 4.71. The van der Waals surface area contributed by atoms with Gasteiger partial charge in [-0.1, -0.05) is 60.7 Å². The number of aliphatic imine (C=N–C) groups is 1. The van der Waals surface area contributed by atoms with Gasteiger partial charge in [-0.05, 0) is 81.7 Å². The molecule has 1 atom stereocenters. The van der Waals surface area contributed by atoms with Crippen LogP contribution in [0.15, 0.2) is 65.7 Å². The molecule has 51 heavy (non-hydrogen) atoms. The monoisotopic (exact) mass is 708 g/mol. The highest BCUT2D eigenvalue weighted by Gasteiger charge is 2.42. The minimum Gasteiger partial charge on any atom is -0.458 e. The molecule has 0 saturated heterocycles. The van der Waals surface area contributed by atoms with Crippen molar-refractivity contribution in [2.45, 2.75) is 98.0 Å². The largest absolute Gasteiger partial charge is 0.458 e. The first-order valence-electron chi connectivity index (χ1n) is 17.3. The Hall–Kier alpha value is -4.42. The molecular weight excluding hydrogens is 652 g/mol. The molecular formula is C39H56N4O8. The third kappa shape index (κ3) is 17.4. The van der Waals surface area contributed by atoms with E-state index < -0.39 is 41.0 Å². The molecule has 2 aromatic carbocycles. The molecule has 0 aliphatic heterocycles. The average molecular weight is 709 g/mol. The van der Waals surface area contributed by atoms with E-state index >= 15 is 0 Å². The number of nitrogens with zero attached hydrogens (tertiary/aromatic N) is 3. The SMILES string of the molecule is CC(C)(C)OC(=O)C(CCCN(CC/N=C/C(=O)c1ccccc1)CCNCC(=O)c1ccccc1)N(C(=O)OC(C)(C)C)C(=O)OC(C)(C)C. The van der Waals surface area contributed by atoms with Crippen LogP contribution in [0.2, 0.25) is 0 Å². The van der Waals surface area contributed by atoms with E-state index in [-0.39, 0.29) is 24.5 Å². The number of rotatable bonds is 17. The molecule has 12 heteroatoms. The first-order valence-corrected chi connectivity index (χ1v) is 17.3. The molecule has 0 radical (unpaired) electrons. The van der Waals surface area contributed by atoms with Gasteiger partial charge in [0.05, 0.1) is 19.3 Å². The molecule has 1 unspecified atom stereocenters. The third-order valence-electron chi connectivity index (χ3n) is 6.92. The van der Waals surface area contributed by atoms with Gasteiger partial charge < -0.3 is 24.4 Å². The number of nitrogens with one attached hydrogen (secondary N) is 1. The zero-order valence-electron chi connectivity index (χ0n) is 31.7. The number of amides is 2. The molecule has 2 amide bonds. The molecule has 0 bridgehead atoms. The van der Waals surface area contributed by atoms with Crippen molar-refractivity contribution in [2.24, 2.45) is 4.99 Å². The number of ether oxygens (including phenoxy) is 3. The first-order chi connectivity index (χ1) is 23.8. The Balaban J connectivity index is 2.23. The van der Waals surface area contributed by atoms with Crippen molar-refractivity contribution in [1.82, 2.24) is 15.1 Å². The van der Waals surface area contributed by atoms with Crippen molar-refractivity contribution < 1.29 is 38.2 Å². The predicted molar refractivity (Wildman–Crippen MR) is 197 cm³/mol. The number of hydrogen-bond donors (Lipinski definition) is 1. The van der Waals surface area contributed by atoms with Crippen LogP contribution in [0.25, 0.3) is 0 Å². The lowest BCUT2D eigenvalue weighted by atomic mass is 10.1. The topological polar surface area (TPSA) is 144 Å². The Kier molecular flexibility index (Phi) is 16.6. The highest BCUT2D eigenvalue weighted by atomic mass is 16.6. The van der Waals surface area contributed by atoms with Crippen LogP contribution in [-0.2, 0) is 19.0 Å². The second-order valence-corrected chi connectivity index (χ2v) is 15.1. The molecule has 0 saturated carbocycles. The number of carbonyl (C=O) groups excluding carboxylic acids is 5. The van der Waals surface area contributed by atoms with Gasteiger partial charge in [0.25, 0.3) is 0 Å². The molecule has 0 aliphatic carbocycles. The number of benzene rings is 2. The van der Waals surface area contributed by atoms with Crippen LogP contribution in [0.1, 0.15) is 95.9 Å². The van der Waals surface area contributed by atoms with Gasteiger partial charge >= 0.3 is 18.2 Å². The number of esters is 1. The second kappa shape index (κ2) is 19.8. The fourth-order valence-corrected chi connectivity index (χ4v) is 4.71. The lowest BCUT2D eigenvalue weighted by molar-refractivity contribution is -0.161. The van der Waals surface area contributed by atoms with Gasteiger partial charge in [-0.2, -0.15) is 4.90 Å². The molecule has 0 aliphatic rings. The molecule has 0 spiro atoms. The summed E-state index contributed by atoms with van der Waals surface area (Å²) in [5, 5.41) is 3.19. The van der Waals surface area contributed by atoms with Crippen molar-refractivity contribution in [3.63, 3.8) is 0 Å². The summed E-state index contributed by atoms with van der Waals surface area (Å²) in [6.45, 7) is 17.4. The second-order valence-electron chi connectivity index (χ2n) is 15.1. The summed E-state index contributed by atoms with van der Waals surface area (Å²) in [5.74, 6) is -1.00. The van der Waals surface area contributed by atoms with Gasteiger partial charge in [0.1, 0.15) is 22.8 Å². The van der Waals surface area contributed by atoms with Gasteiger partial charge in [0, 0.05) is 30.8 Å². The van der Waals surface area contributed by atoms with Crippen LogP contribution in [-0.4, -0.2) is 108 Å². The standard InChI is InChI=1S/C39H56N4O8/c1-37(2,3)49-34(46)31(43(35(47)50-38(4,5)6)36(48)51-39(7,8)9)21-16-24-42(25-22-40-27-32(44)29-17-12-10-13-18-29)26-23-41-28-33(45)30-19-14-11-15-20-30/h10-15,17-20,27,31,41H,16,21-26,28H2,1-9H3/b40-27+. The van der Waals surface area contributed by atoms with Crippen LogP contribution < -0.4 is 5.32 Å². The number of hydrogen-bond acceptors (Lipinski definition) is 11. The van der Waals surface area contributed by atoms with Gasteiger partial charge in [-0.15, -0.1) is 0 Å². The minimum atomic E-state index is -1.33. The lowest BCUT2D eigenvalue weighted by Gasteiger charge is -2.34. The van der Waals surface area contributed by atoms with Crippen molar-refractivity contribution in [3.8, 4) is 0 Å². The fraction of sp³-hybridized carbons (Fsp3) is 0.538. The van der Waals surface area contributed by atoms with Crippen molar-refractivity contribution in [2.75, 3.05) is 39.3 Å². The zero-order chi connectivity index (χ0) is 38.2. The first kappa shape index (κ1) is 42.7. The van der Waals surface area contributed by atoms with Gasteiger partial charge in [-0.25, -0.2) is 14.4 Å². The predicted octanol–water partition coefficient (Wildman–Crippen LogP) is 6.38. The Morgan fingerprint density at radius 2 is 1.22 bits per heavy atom. The molecule has 0 heterocycles. The van der Waals surface area contributed by atoms with Gasteiger partial charge in [0.2, 0.25) is 5.78 Å². The van der Waals surface area contributed by atoms with E-state index in [2.05, 4.69) is 15.2 Å². The molecule has 280 valence electrons. The molecule has 12 nitrogen and oxygen atoms in total. The van der Waals surface area contributed by atoms with E-state index in [1.165, 1.54) is 6.21 Å². The number of carbonyl (C=O) groups is 5. The van der Waals surface area contributed by atoms with E-state index in [1.807, 2.05) is 24.3 Å². The molecule has 1 N–H and O–H groups in total. The number of ketones is 2. The maximum atomic E-state index is 13.6. The summed E-state index contributed by atoms with van der Waals surface area (Å²) in [4.78, 5) is 72.8. The Morgan fingerprint density at radius 1 is 0.706 bits per heavy atom. The summed E-state index contributed by atoms with van der Waals surface area (Å²) in [5.41, 5.74) is -1.65. The molecule has 2 rings (SSSR count). The van der Waals surface area contributed by atoms with Crippen molar-refractivity contribution in [1.29, 1.82) is 0 Å². The van der Waals surface area contributed by atoms with E-state index in [0.29, 0.717) is 55.2 Å². The van der Waals surface area contributed by atoms with Crippen molar-refractivity contribution >= 4 is 35.9 Å². The summed E-state index contributed by atoms with van der Waals surface area (Å²) in [7, 11) is 0. The van der Waals surface area contributed by atoms with Crippen LogP contribution in [0.5, 0.6) is 0 Å². The van der Waals surface area contributed by atoms with E-state index in [4.69, 9.17) is 14.2 Å². The minimum absolute atomic E-state index is 0.0317. The van der Waals surface area contributed by atoms with E-state index in [9.17, 15) is 24.0 Å². The highest BCUT2D eigenvalue weighted by Crippen LogP contribution is 2.22. The maximum Gasteiger partial charge on any atom is 0.420 e. The lowest BCUT2D eigenvalue weighted by Crippen LogP contribution is -2.53. The summed E-state index contributed by atoms with van der Waals surface area (Å²) in [6.07, 6.45) is -0.313. The molecule has 0 fully saturated rings. The quantitative estimate of drug-likeness (QED) is 0.0647. The average Bonchev–Trinajstić information content (AvgIpc) is 3.02. The highest BCUT2D eigenvalue weighted by molar-refractivity contribution is 6.35. The van der Waals surface area contributed by atoms with E-state index in [0.717, 1.165) is 0 Å². The smallest absolute Gasteiger partial charge is 0.420 e. The zero-order valence-corrected chi connectivity index (χ0v) is 31.7. The molecule has 2 aromatic rings. The van der Waals surface area contributed by atoms with Gasteiger partial charge in [-0.3, -0.25) is 14.6 Å². The normalized spacial score (nSPS) is 12.7. The number of imide groups is 1. The summed E-state index contributed by atoms with van der Waals surface area (Å²) >= 11 is 0. The van der Waals surface area contributed by atoms with Crippen molar-refractivity contribution in [3.05, 3.63) is 71.8 Å². The number of Topliss-reactive ketones (excluding diaryl/α,β-unsaturated/α-hetero) is 2. The van der Waals surface area contributed by atoms with Crippen LogP contribution >= 0.6 is 0 Å². The van der Waals surface area contributed by atoms with Crippen LogP contribution in [0.3, 0.4) is 0 Å². The van der Waals surface area contributed by atoms with Gasteiger partial charge in [0.15, 0.2) is 5.78 Å². The summed E-state index contributed by atoms with van der Waals surface area (Å²) in [6, 6.07) is 16.5. The van der Waals surface area contributed by atoms with E-state index in [1.54, 1.807) is 98.7 Å². The Bertz CT molecular complexity index is 1430. The molecule has 0 aromatic heterocycles. The van der Waals surface area contributed by atoms with Crippen LogP contribution in [0, 0.1) is 0 Å². The maximum absolute atomic E-state index is 13.6.